The highest BCUT2D eigenvalue weighted by Gasteiger charge is 2.03. The van der Waals surface area contributed by atoms with Crippen molar-refractivity contribution in [2.45, 2.75) is 26.8 Å². The van der Waals surface area contributed by atoms with Gasteiger partial charge in [-0.1, -0.05) is 35.9 Å². The fraction of sp³-hybridized carbons (Fsp3) is 0.364. The zero-order valence-corrected chi connectivity index (χ0v) is 17.8. The standard InChI is InChI=1S/C22H29ClN4O2/c1-3-24-21(28)16-29-20-7-5-6-18(14-20)15-27-22(25-4-2)26-13-12-17-8-10-19(23)11-9-17/h5-11,14H,3-4,12-13,15-16H2,1-2H3,(H,24,28)(H2,25,26,27). The van der Waals surface area contributed by atoms with Gasteiger partial charge in [0.15, 0.2) is 12.6 Å². The van der Waals surface area contributed by atoms with Crippen LogP contribution in [-0.4, -0.2) is 38.1 Å². The number of aliphatic imine (C=N–C) groups is 1. The Bertz CT molecular complexity index is 794. The molecule has 0 fully saturated rings. The van der Waals surface area contributed by atoms with Crippen LogP contribution in [0.15, 0.2) is 53.5 Å². The normalized spacial score (nSPS) is 11.1. The fourth-order valence-corrected chi connectivity index (χ4v) is 2.75. The number of amides is 1. The predicted octanol–water partition coefficient (Wildman–Crippen LogP) is 3.15. The summed E-state index contributed by atoms with van der Waals surface area (Å²) < 4.78 is 5.54. The van der Waals surface area contributed by atoms with E-state index in [1.54, 1.807) is 0 Å². The van der Waals surface area contributed by atoms with Gasteiger partial charge in [-0.05, 0) is 55.7 Å². The summed E-state index contributed by atoms with van der Waals surface area (Å²) in [5.41, 5.74) is 2.23. The fourth-order valence-electron chi connectivity index (χ4n) is 2.62. The molecule has 0 spiro atoms. The minimum absolute atomic E-state index is 0.00938. The van der Waals surface area contributed by atoms with Crippen LogP contribution in [0.4, 0.5) is 0 Å². The van der Waals surface area contributed by atoms with Crippen molar-refractivity contribution >= 4 is 23.5 Å². The van der Waals surface area contributed by atoms with Gasteiger partial charge in [-0.25, -0.2) is 4.99 Å². The van der Waals surface area contributed by atoms with Crippen LogP contribution in [0.25, 0.3) is 0 Å². The van der Waals surface area contributed by atoms with E-state index in [0.717, 1.165) is 36.1 Å². The highest BCUT2D eigenvalue weighted by molar-refractivity contribution is 6.30. The number of carbonyl (C=O) groups excluding carboxylic acids is 1. The van der Waals surface area contributed by atoms with Gasteiger partial charge in [0.2, 0.25) is 0 Å². The van der Waals surface area contributed by atoms with Crippen LogP contribution in [-0.2, 0) is 17.8 Å². The first-order chi connectivity index (χ1) is 14.1. The number of halogens is 1. The average molecular weight is 417 g/mol. The van der Waals surface area contributed by atoms with E-state index in [4.69, 9.17) is 16.3 Å². The zero-order valence-electron chi connectivity index (χ0n) is 17.0. The Balaban J connectivity index is 1.87. The Kier molecular flexibility index (Phi) is 9.86. The number of rotatable bonds is 10. The molecular formula is C22H29ClN4O2. The molecule has 2 aromatic rings. The molecule has 0 heterocycles. The number of likely N-dealkylation sites (N-methyl/N-ethyl adjacent to an activating group) is 1. The lowest BCUT2D eigenvalue weighted by Gasteiger charge is -2.12. The van der Waals surface area contributed by atoms with Gasteiger partial charge in [0, 0.05) is 24.7 Å². The first-order valence-electron chi connectivity index (χ1n) is 9.85. The molecule has 2 aromatic carbocycles. The molecular weight excluding hydrogens is 388 g/mol. The van der Waals surface area contributed by atoms with Gasteiger partial charge in [0.1, 0.15) is 5.75 Å². The Morgan fingerprint density at radius 1 is 1.00 bits per heavy atom. The van der Waals surface area contributed by atoms with Gasteiger partial charge in [-0.2, -0.15) is 0 Å². The summed E-state index contributed by atoms with van der Waals surface area (Å²) in [4.78, 5) is 16.2. The van der Waals surface area contributed by atoms with E-state index in [-0.39, 0.29) is 12.5 Å². The summed E-state index contributed by atoms with van der Waals surface area (Å²) in [5.74, 6) is 1.29. The van der Waals surface area contributed by atoms with Crippen molar-refractivity contribution in [1.29, 1.82) is 0 Å². The summed E-state index contributed by atoms with van der Waals surface area (Å²) in [6.45, 7) is 6.57. The molecule has 29 heavy (non-hydrogen) atoms. The molecule has 1 amide bonds. The molecule has 2 rings (SSSR count). The molecule has 0 radical (unpaired) electrons. The van der Waals surface area contributed by atoms with Crippen LogP contribution in [0.1, 0.15) is 25.0 Å². The molecule has 6 nitrogen and oxygen atoms in total. The number of hydrogen-bond donors (Lipinski definition) is 3. The highest BCUT2D eigenvalue weighted by Crippen LogP contribution is 2.14. The van der Waals surface area contributed by atoms with E-state index in [9.17, 15) is 4.79 Å². The van der Waals surface area contributed by atoms with Gasteiger partial charge in [0.25, 0.3) is 5.91 Å². The number of nitrogens with zero attached hydrogens (tertiary/aromatic N) is 1. The van der Waals surface area contributed by atoms with Crippen molar-refractivity contribution in [3.63, 3.8) is 0 Å². The summed E-state index contributed by atoms with van der Waals surface area (Å²) in [5, 5.41) is 10.0. The molecule has 0 atom stereocenters. The highest BCUT2D eigenvalue weighted by atomic mass is 35.5. The summed E-state index contributed by atoms with van der Waals surface area (Å²) in [7, 11) is 0. The largest absolute Gasteiger partial charge is 0.484 e. The van der Waals surface area contributed by atoms with Crippen molar-refractivity contribution in [1.82, 2.24) is 16.0 Å². The van der Waals surface area contributed by atoms with E-state index in [1.165, 1.54) is 5.56 Å². The van der Waals surface area contributed by atoms with Gasteiger partial charge in [0.05, 0.1) is 6.54 Å². The number of ether oxygens (including phenoxy) is 1. The Morgan fingerprint density at radius 3 is 2.48 bits per heavy atom. The van der Waals surface area contributed by atoms with E-state index in [2.05, 4.69) is 20.9 Å². The minimum Gasteiger partial charge on any atom is -0.484 e. The molecule has 0 aliphatic rings. The number of guanidine groups is 1. The topological polar surface area (TPSA) is 74.8 Å². The van der Waals surface area contributed by atoms with E-state index >= 15 is 0 Å². The monoisotopic (exact) mass is 416 g/mol. The summed E-state index contributed by atoms with van der Waals surface area (Å²) in [6, 6.07) is 15.5. The van der Waals surface area contributed by atoms with Crippen molar-refractivity contribution in [3.8, 4) is 5.75 Å². The lowest BCUT2D eigenvalue weighted by molar-refractivity contribution is -0.122. The van der Waals surface area contributed by atoms with Crippen LogP contribution in [0.2, 0.25) is 5.02 Å². The number of carbonyl (C=O) groups is 1. The van der Waals surface area contributed by atoms with Crippen molar-refractivity contribution in [3.05, 3.63) is 64.7 Å². The average Bonchev–Trinajstić information content (AvgIpc) is 2.72. The molecule has 0 aromatic heterocycles. The Morgan fingerprint density at radius 2 is 1.76 bits per heavy atom. The maximum absolute atomic E-state index is 11.5. The molecule has 7 heteroatoms. The SMILES string of the molecule is CCNC(=O)COc1cccc(CN=C(NCC)NCCc2ccc(Cl)cc2)c1. The van der Waals surface area contributed by atoms with Crippen LogP contribution < -0.4 is 20.7 Å². The second-order valence-electron chi connectivity index (χ2n) is 6.39. The van der Waals surface area contributed by atoms with Gasteiger partial charge >= 0.3 is 0 Å². The van der Waals surface area contributed by atoms with Gasteiger partial charge < -0.3 is 20.7 Å². The number of benzene rings is 2. The molecule has 0 aliphatic heterocycles. The van der Waals surface area contributed by atoms with Crippen molar-refractivity contribution in [2.24, 2.45) is 4.99 Å². The zero-order chi connectivity index (χ0) is 20.9. The Hall–Kier alpha value is -2.73. The predicted molar refractivity (Wildman–Crippen MR) is 119 cm³/mol. The molecule has 0 unspecified atom stereocenters. The first-order valence-corrected chi connectivity index (χ1v) is 10.2. The summed E-state index contributed by atoms with van der Waals surface area (Å²) >= 11 is 5.92. The van der Waals surface area contributed by atoms with Crippen LogP contribution in [0, 0.1) is 0 Å². The summed E-state index contributed by atoms with van der Waals surface area (Å²) in [6.07, 6.45) is 0.880. The quantitative estimate of drug-likeness (QED) is 0.411. The lowest BCUT2D eigenvalue weighted by atomic mass is 10.1. The van der Waals surface area contributed by atoms with Gasteiger partial charge in [-0.3, -0.25) is 4.79 Å². The second-order valence-corrected chi connectivity index (χ2v) is 6.82. The molecule has 156 valence electrons. The molecule has 0 saturated carbocycles. The third-order valence-corrected chi connectivity index (χ3v) is 4.28. The van der Waals surface area contributed by atoms with Gasteiger partial charge in [-0.15, -0.1) is 0 Å². The van der Waals surface area contributed by atoms with E-state index < -0.39 is 0 Å². The smallest absolute Gasteiger partial charge is 0.257 e. The number of nitrogens with one attached hydrogen (secondary N) is 3. The molecule has 3 N–H and O–H groups in total. The van der Waals surface area contributed by atoms with E-state index in [1.807, 2.05) is 62.4 Å². The van der Waals surface area contributed by atoms with Crippen LogP contribution in [0.3, 0.4) is 0 Å². The first kappa shape index (κ1) is 22.6. The molecule has 0 aliphatic carbocycles. The third kappa shape index (κ3) is 8.87. The van der Waals surface area contributed by atoms with Crippen LogP contribution in [0.5, 0.6) is 5.75 Å². The van der Waals surface area contributed by atoms with Crippen molar-refractivity contribution < 1.29 is 9.53 Å². The third-order valence-electron chi connectivity index (χ3n) is 4.03. The second kappa shape index (κ2) is 12.7. The Labute approximate surface area is 177 Å². The van der Waals surface area contributed by atoms with Crippen LogP contribution >= 0.6 is 11.6 Å². The van der Waals surface area contributed by atoms with Crippen molar-refractivity contribution in [2.75, 3.05) is 26.2 Å². The maximum Gasteiger partial charge on any atom is 0.257 e. The maximum atomic E-state index is 11.5. The molecule has 0 bridgehead atoms. The molecule has 0 saturated heterocycles. The lowest BCUT2D eigenvalue weighted by Crippen LogP contribution is -2.38. The minimum atomic E-state index is -0.129. The van der Waals surface area contributed by atoms with E-state index in [0.29, 0.717) is 18.8 Å². The number of hydrogen-bond acceptors (Lipinski definition) is 3.